The predicted molar refractivity (Wildman–Crippen MR) is 71.2 cm³/mol. The van der Waals surface area contributed by atoms with Crippen LogP contribution in [0.1, 0.15) is 19.3 Å². The number of nitrogens with two attached hydrogens (primary N) is 1. The van der Waals surface area contributed by atoms with E-state index in [1.165, 1.54) is 4.70 Å². The van der Waals surface area contributed by atoms with E-state index < -0.39 is 0 Å². The maximum absolute atomic E-state index is 10.6. The van der Waals surface area contributed by atoms with Crippen LogP contribution in [0.25, 0.3) is 10.1 Å². The Bertz CT molecular complexity index is 509. The zero-order valence-corrected chi connectivity index (χ0v) is 10.3. The molecule has 2 aromatic rings. The number of pyridine rings is 1. The van der Waals surface area contributed by atoms with E-state index in [0.717, 1.165) is 30.6 Å². The molecule has 0 fully saturated rings. The molecule has 2 aromatic heterocycles. The fourth-order valence-corrected chi connectivity index (χ4v) is 2.45. The minimum Gasteiger partial charge on any atom is -0.370 e. The van der Waals surface area contributed by atoms with Crippen LogP contribution in [0.3, 0.4) is 0 Å². The first kappa shape index (κ1) is 11.9. The first-order chi connectivity index (χ1) is 8.27. The molecule has 0 aliphatic carbocycles. The van der Waals surface area contributed by atoms with Gasteiger partial charge in [0, 0.05) is 29.2 Å². The van der Waals surface area contributed by atoms with Gasteiger partial charge in [-0.2, -0.15) is 0 Å². The minimum absolute atomic E-state index is 0.233. The van der Waals surface area contributed by atoms with Gasteiger partial charge in [-0.15, -0.1) is 11.3 Å². The van der Waals surface area contributed by atoms with Gasteiger partial charge in [-0.05, 0) is 30.4 Å². The van der Waals surface area contributed by atoms with Crippen molar-refractivity contribution in [3.05, 3.63) is 23.7 Å². The quantitative estimate of drug-likeness (QED) is 0.772. The number of amides is 1. The van der Waals surface area contributed by atoms with Gasteiger partial charge in [0.05, 0.1) is 0 Å². The zero-order valence-electron chi connectivity index (χ0n) is 9.48. The molecule has 0 aromatic carbocycles. The summed E-state index contributed by atoms with van der Waals surface area (Å²) in [5, 5.41) is 6.51. The first-order valence-electron chi connectivity index (χ1n) is 5.62. The monoisotopic (exact) mass is 249 g/mol. The molecule has 4 nitrogen and oxygen atoms in total. The van der Waals surface area contributed by atoms with Crippen LogP contribution in [-0.4, -0.2) is 17.4 Å². The maximum Gasteiger partial charge on any atom is 0.217 e. The Morgan fingerprint density at radius 2 is 2.29 bits per heavy atom. The van der Waals surface area contributed by atoms with Gasteiger partial charge < -0.3 is 11.1 Å². The molecule has 0 spiro atoms. The Hall–Kier alpha value is -1.62. The van der Waals surface area contributed by atoms with Crippen molar-refractivity contribution >= 4 is 33.1 Å². The molecule has 0 saturated carbocycles. The summed E-state index contributed by atoms with van der Waals surface area (Å²) in [6.45, 7) is 0.815. The second-order valence-corrected chi connectivity index (χ2v) is 4.79. The van der Waals surface area contributed by atoms with Gasteiger partial charge in [0.2, 0.25) is 5.91 Å². The van der Waals surface area contributed by atoms with Crippen LogP contribution >= 0.6 is 11.3 Å². The fourth-order valence-electron chi connectivity index (χ4n) is 1.67. The Kier molecular flexibility index (Phi) is 3.93. The van der Waals surface area contributed by atoms with Crippen LogP contribution in [0.5, 0.6) is 0 Å². The summed E-state index contributed by atoms with van der Waals surface area (Å²) < 4.78 is 1.24. The van der Waals surface area contributed by atoms with Crippen molar-refractivity contribution in [1.82, 2.24) is 4.98 Å². The number of rotatable bonds is 6. The van der Waals surface area contributed by atoms with E-state index in [-0.39, 0.29) is 5.91 Å². The number of hydrogen-bond donors (Lipinski definition) is 2. The molecule has 0 bridgehead atoms. The third kappa shape index (κ3) is 3.17. The smallest absolute Gasteiger partial charge is 0.217 e. The summed E-state index contributed by atoms with van der Waals surface area (Å²) in [4.78, 5) is 14.9. The number of nitrogens with one attached hydrogen (secondary N) is 1. The molecule has 0 aliphatic heterocycles. The number of carbonyl (C=O) groups is 1. The van der Waals surface area contributed by atoms with Crippen molar-refractivity contribution in [3.8, 4) is 0 Å². The lowest BCUT2D eigenvalue weighted by Gasteiger charge is -2.05. The lowest BCUT2D eigenvalue weighted by Crippen LogP contribution is -2.11. The first-order valence-corrected chi connectivity index (χ1v) is 6.50. The van der Waals surface area contributed by atoms with E-state index in [9.17, 15) is 4.79 Å². The zero-order chi connectivity index (χ0) is 12.1. The van der Waals surface area contributed by atoms with Gasteiger partial charge in [-0.25, -0.2) is 4.98 Å². The molecule has 1 amide bonds. The number of fused-ring (bicyclic) bond motifs is 1. The van der Waals surface area contributed by atoms with Crippen LogP contribution in [0.2, 0.25) is 0 Å². The summed E-state index contributed by atoms with van der Waals surface area (Å²) in [5.41, 5.74) is 5.08. The number of anilines is 1. The number of thiophene rings is 1. The summed E-state index contributed by atoms with van der Waals surface area (Å²) in [5.74, 6) is 0.686. The molecule has 5 heteroatoms. The summed E-state index contributed by atoms with van der Waals surface area (Å²) in [6.07, 6.45) is 4.01. The molecule has 90 valence electrons. The van der Waals surface area contributed by atoms with Gasteiger partial charge in [0.15, 0.2) is 0 Å². The number of aromatic nitrogens is 1. The lowest BCUT2D eigenvalue weighted by atomic mass is 10.2. The van der Waals surface area contributed by atoms with Crippen LogP contribution < -0.4 is 11.1 Å². The fraction of sp³-hybridized carbons (Fsp3) is 0.333. The summed E-state index contributed by atoms with van der Waals surface area (Å²) in [6, 6.07) is 4.08. The highest BCUT2D eigenvalue weighted by Gasteiger charge is 2.02. The highest BCUT2D eigenvalue weighted by atomic mass is 32.1. The van der Waals surface area contributed by atoms with E-state index in [2.05, 4.69) is 21.7 Å². The summed E-state index contributed by atoms with van der Waals surface area (Å²) >= 11 is 1.71. The van der Waals surface area contributed by atoms with Crippen LogP contribution in [0.4, 0.5) is 5.82 Å². The molecule has 0 atom stereocenters. The van der Waals surface area contributed by atoms with E-state index in [1.807, 2.05) is 12.3 Å². The second-order valence-electron chi connectivity index (χ2n) is 3.84. The number of primary amides is 1. The van der Waals surface area contributed by atoms with Crippen molar-refractivity contribution in [2.24, 2.45) is 5.73 Å². The number of carbonyl (C=O) groups excluding carboxylic acids is 1. The normalized spacial score (nSPS) is 10.6. The van der Waals surface area contributed by atoms with E-state index in [1.54, 1.807) is 11.3 Å². The molecular weight excluding hydrogens is 234 g/mol. The van der Waals surface area contributed by atoms with Crippen molar-refractivity contribution in [3.63, 3.8) is 0 Å². The minimum atomic E-state index is -0.233. The Balaban J connectivity index is 1.86. The maximum atomic E-state index is 10.6. The topological polar surface area (TPSA) is 68.0 Å². The largest absolute Gasteiger partial charge is 0.370 e. The van der Waals surface area contributed by atoms with E-state index in [0.29, 0.717) is 6.42 Å². The van der Waals surface area contributed by atoms with Gasteiger partial charge in [0.1, 0.15) is 5.82 Å². The van der Waals surface area contributed by atoms with Crippen LogP contribution in [0.15, 0.2) is 23.7 Å². The molecule has 17 heavy (non-hydrogen) atoms. The molecule has 3 N–H and O–H groups in total. The SMILES string of the molecule is NC(=O)CCCCNc1nccc2sccc12. The standard InChI is InChI=1S/C12H15N3OS/c13-11(16)3-1-2-6-14-12-9-5-8-17-10(9)4-7-15-12/h4-5,7-8H,1-3,6H2,(H2,13,16)(H,14,15). The molecule has 0 unspecified atom stereocenters. The molecule has 2 rings (SSSR count). The van der Waals surface area contributed by atoms with Crippen molar-refractivity contribution in [2.45, 2.75) is 19.3 Å². The third-order valence-electron chi connectivity index (χ3n) is 2.52. The molecular formula is C12H15N3OS. The van der Waals surface area contributed by atoms with Crippen molar-refractivity contribution in [1.29, 1.82) is 0 Å². The Labute approximate surface area is 104 Å². The van der Waals surface area contributed by atoms with Gasteiger partial charge in [0.25, 0.3) is 0 Å². The Morgan fingerprint density at radius 3 is 3.12 bits per heavy atom. The van der Waals surface area contributed by atoms with E-state index >= 15 is 0 Å². The predicted octanol–water partition coefficient (Wildman–Crippen LogP) is 2.36. The lowest BCUT2D eigenvalue weighted by molar-refractivity contribution is -0.118. The molecule has 2 heterocycles. The third-order valence-corrected chi connectivity index (χ3v) is 3.40. The average Bonchev–Trinajstić information content (AvgIpc) is 2.77. The average molecular weight is 249 g/mol. The Morgan fingerprint density at radius 1 is 1.41 bits per heavy atom. The molecule has 0 radical (unpaired) electrons. The second kappa shape index (κ2) is 5.63. The van der Waals surface area contributed by atoms with Crippen LogP contribution in [-0.2, 0) is 4.79 Å². The van der Waals surface area contributed by atoms with Gasteiger partial charge in [-0.1, -0.05) is 0 Å². The van der Waals surface area contributed by atoms with Crippen LogP contribution in [0, 0.1) is 0 Å². The molecule has 0 saturated heterocycles. The molecule has 0 aliphatic rings. The highest BCUT2D eigenvalue weighted by Crippen LogP contribution is 2.25. The van der Waals surface area contributed by atoms with Gasteiger partial charge in [-0.3, -0.25) is 4.79 Å². The van der Waals surface area contributed by atoms with Crippen molar-refractivity contribution < 1.29 is 4.79 Å². The van der Waals surface area contributed by atoms with E-state index in [4.69, 9.17) is 5.73 Å². The summed E-state index contributed by atoms with van der Waals surface area (Å²) in [7, 11) is 0. The van der Waals surface area contributed by atoms with Gasteiger partial charge >= 0.3 is 0 Å². The number of hydrogen-bond acceptors (Lipinski definition) is 4. The van der Waals surface area contributed by atoms with Crippen molar-refractivity contribution in [2.75, 3.05) is 11.9 Å². The number of nitrogens with zero attached hydrogens (tertiary/aromatic N) is 1. The number of unbranched alkanes of at least 4 members (excludes halogenated alkanes) is 1. The highest BCUT2D eigenvalue weighted by molar-refractivity contribution is 7.17.